The third-order valence-corrected chi connectivity index (χ3v) is 3.21. The number of nitrogens with zero attached hydrogens (tertiary/aromatic N) is 2. The Morgan fingerprint density at radius 1 is 1.37 bits per heavy atom. The van der Waals surface area contributed by atoms with Crippen LogP contribution in [0.4, 0.5) is 8.78 Å². The van der Waals surface area contributed by atoms with E-state index < -0.39 is 17.7 Å². The van der Waals surface area contributed by atoms with Gasteiger partial charge in [-0.25, -0.2) is 8.78 Å². The van der Waals surface area contributed by atoms with Gasteiger partial charge in [-0.05, 0) is 25.6 Å². The molecular weight excluding hydrogens is 248 g/mol. The molecule has 5 heteroatoms. The third-order valence-electron chi connectivity index (χ3n) is 3.21. The van der Waals surface area contributed by atoms with Crippen LogP contribution in [0.3, 0.4) is 0 Å². The summed E-state index contributed by atoms with van der Waals surface area (Å²) < 4.78 is 28.9. The highest BCUT2D eigenvalue weighted by molar-refractivity contribution is 5.30. The Hall–Kier alpha value is -1.75. The molecule has 1 atom stereocenters. The maximum Gasteiger partial charge on any atom is 0.163 e. The fourth-order valence-corrected chi connectivity index (χ4v) is 2.19. The number of aryl methyl sites for hydroxylation is 2. The van der Waals surface area contributed by atoms with Gasteiger partial charge in [0.25, 0.3) is 0 Å². The quantitative estimate of drug-likeness (QED) is 0.920. The molecule has 1 unspecified atom stereocenters. The maximum absolute atomic E-state index is 13.9. The maximum atomic E-state index is 13.9. The van der Waals surface area contributed by atoms with Crippen LogP contribution in [0.2, 0.25) is 0 Å². The van der Waals surface area contributed by atoms with Crippen molar-refractivity contribution < 1.29 is 8.78 Å². The van der Waals surface area contributed by atoms with Crippen LogP contribution >= 0.6 is 0 Å². The second-order valence-corrected chi connectivity index (χ2v) is 4.40. The summed E-state index contributed by atoms with van der Waals surface area (Å²) in [5.41, 5.74) is 2.02. The Morgan fingerprint density at radius 2 is 2.11 bits per heavy atom. The van der Waals surface area contributed by atoms with Gasteiger partial charge in [-0.15, -0.1) is 0 Å². The first kappa shape index (κ1) is 13.7. The van der Waals surface area contributed by atoms with E-state index in [0.717, 1.165) is 23.9 Å². The van der Waals surface area contributed by atoms with Gasteiger partial charge in [0.1, 0.15) is 0 Å². The second-order valence-electron chi connectivity index (χ2n) is 4.40. The van der Waals surface area contributed by atoms with E-state index >= 15 is 0 Å². The number of rotatable bonds is 4. The Balaban J connectivity index is 2.49. The number of nitrogens with one attached hydrogen (secondary N) is 1. The lowest BCUT2D eigenvalue weighted by molar-refractivity contribution is 0.481. The topological polar surface area (TPSA) is 29.9 Å². The van der Waals surface area contributed by atoms with Crippen LogP contribution in [-0.4, -0.2) is 16.8 Å². The Morgan fingerprint density at radius 3 is 2.68 bits per heavy atom. The summed E-state index contributed by atoms with van der Waals surface area (Å²) >= 11 is 0. The molecule has 0 aliphatic carbocycles. The molecule has 0 saturated carbocycles. The molecule has 2 rings (SSSR count). The molecule has 0 radical (unpaired) electrons. The average Bonchev–Trinajstić information content (AvgIpc) is 2.77. The summed E-state index contributed by atoms with van der Waals surface area (Å²) in [5.74, 6) is -1.66. The molecule has 0 spiro atoms. The summed E-state index contributed by atoms with van der Waals surface area (Å²) in [7, 11) is 3.52. The SMILES string of the molecule is CCc1cc(C(NC)c2cccc(F)c2F)n(C)n1. The van der Waals surface area contributed by atoms with Crippen molar-refractivity contribution >= 4 is 0 Å². The van der Waals surface area contributed by atoms with E-state index in [0.29, 0.717) is 0 Å². The van der Waals surface area contributed by atoms with Crippen molar-refractivity contribution in [1.82, 2.24) is 15.1 Å². The molecule has 1 N–H and O–H groups in total. The lowest BCUT2D eigenvalue weighted by Gasteiger charge is -2.17. The Kier molecular flexibility index (Phi) is 3.95. The second kappa shape index (κ2) is 5.48. The van der Waals surface area contributed by atoms with Crippen molar-refractivity contribution in [3.8, 4) is 0 Å². The predicted molar refractivity (Wildman–Crippen MR) is 69.8 cm³/mol. The summed E-state index contributed by atoms with van der Waals surface area (Å²) in [6.07, 6.45) is 0.801. The van der Waals surface area contributed by atoms with E-state index in [1.165, 1.54) is 6.07 Å². The van der Waals surface area contributed by atoms with Crippen molar-refractivity contribution in [3.63, 3.8) is 0 Å². The summed E-state index contributed by atoms with van der Waals surface area (Å²) in [6, 6.07) is 5.69. The molecule has 0 amide bonds. The number of benzene rings is 1. The Labute approximate surface area is 111 Å². The molecule has 0 fully saturated rings. The number of hydrogen-bond donors (Lipinski definition) is 1. The van der Waals surface area contributed by atoms with Crippen LogP contribution in [0, 0.1) is 11.6 Å². The predicted octanol–water partition coefficient (Wildman–Crippen LogP) is 2.57. The van der Waals surface area contributed by atoms with Gasteiger partial charge in [0, 0.05) is 12.6 Å². The molecule has 0 bridgehead atoms. The van der Waals surface area contributed by atoms with E-state index in [9.17, 15) is 8.78 Å². The number of halogens is 2. The van der Waals surface area contributed by atoms with E-state index in [2.05, 4.69) is 10.4 Å². The zero-order chi connectivity index (χ0) is 14.0. The first-order valence-electron chi connectivity index (χ1n) is 6.22. The van der Waals surface area contributed by atoms with Gasteiger partial charge >= 0.3 is 0 Å². The molecule has 2 aromatic rings. The van der Waals surface area contributed by atoms with Gasteiger partial charge in [0.15, 0.2) is 11.6 Å². The number of hydrogen-bond acceptors (Lipinski definition) is 2. The van der Waals surface area contributed by atoms with Gasteiger partial charge in [-0.3, -0.25) is 4.68 Å². The molecule has 19 heavy (non-hydrogen) atoms. The molecule has 0 aliphatic heterocycles. The van der Waals surface area contributed by atoms with E-state index in [1.807, 2.05) is 13.0 Å². The minimum Gasteiger partial charge on any atom is -0.308 e. The molecule has 1 aromatic heterocycles. The van der Waals surface area contributed by atoms with Crippen molar-refractivity contribution in [1.29, 1.82) is 0 Å². The zero-order valence-corrected chi connectivity index (χ0v) is 11.2. The van der Waals surface area contributed by atoms with Crippen molar-refractivity contribution in [2.24, 2.45) is 7.05 Å². The largest absolute Gasteiger partial charge is 0.308 e. The summed E-state index contributed by atoms with van der Waals surface area (Å²) in [6.45, 7) is 2.00. The minimum atomic E-state index is -0.837. The van der Waals surface area contributed by atoms with Gasteiger partial charge in [0.2, 0.25) is 0 Å². The normalized spacial score (nSPS) is 12.7. The molecule has 1 aromatic carbocycles. The molecule has 0 saturated heterocycles. The van der Waals surface area contributed by atoms with Gasteiger partial charge in [-0.2, -0.15) is 5.10 Å². The molecular formula is C14H17F2N3. The van der Waals surface area contributed by atoms with Crippen LogP contribution in [0.25, 0.3) is 0 Å². The van der Waals surface area contributed by atoms with Crippen LogP contribution < -0.4 is 5.32 Å². The summed E-state index contributed by atoms with van der Waals surface area (Å²) in [4.78, 5) is 0. The highest BCUT2D eigenvalue weighted by atomic mass is 19.2. The van der Waals surface area contributed by atoms with Gasteiger partial charge in [0.05, 0.1) is 17.4 Å². The Bertz CT molecular complexity index is 578. The average molecular weight is 265 g/mol. The smallest absolute Gasteiger partial charge is 0.163 e. The van der Waals surface area contributed by atoms with Crippen molar-refractivity contribution in [3.05, 3.63) is 52.9 Å². The van der Waals surface area contributed by atoms with Gasteiger partial charge < -0.3 is 5.32 Å². The lowest BCUT2D eigenvalue weighted by atomic mass is 10.0. The van der Waals surface area contributed by atoms with Crippen LogP contribution in [0.15, 0.2) is 24.3 Å². The monoisotopic (exact) mass is 265 g/mol. The molecule has 0 aliphatic rings. The van der Waals surface area contributed by atoms with Crippen LogP contribution in [0.5, 0.6) is 0 Å². The number of aromatic nitrogens is 2. The minimum absolute atomic E-state index is 0.285. The first-order chi connectivity index (χ1) is 9.08. The van der Waals surface area contributed by atoms with Crippen molar-refractivity contribution in [2.75, 3.05) is 7.05 Å². The van der Waals surface area contributed by atoms with Gasteiger partial charge in [-0.1, -0.05) is 19.1 Å². The molecule has 3 nitrogen and oxygen atoms in total. The zero-order valence-electron chi connectivity index (χ0n) is 11.2. The van der Waals surface area contributed by atoms with E-state index in [4.69, 9.17) is 0 Å². The van der Waals surface area contributed by atoms with Crippen LogP contribution in [-0.2, 0) is 13.5 Å². The standard InChI is InChI=1S/C14H17F2N3/c1-4-9-8-12(19(3)18-9)14(17-2)10-6-5-7-11(15)13(10)16/h5-8,14,17H,4H2,1-3H3. The highest BCUT2D eigenvalue weighted by Gasteiger charge is 2.21. The lowest BCUT2D eigenvalue weighted by Crippen LogP contribution is -2.22. The van der Waals surface area contributed by atoms with E-state index in [1.54, 1.807) is 24.8 Å². The highest BCUT2D eigenvalue weighted by Crippen LogP contribution is 2.25. The molecule has 1 heterocycles. The first-order valence-corrected chi connectivity index (χ1v) is 6.22. The molecule has 102 valence electrons. The third kappa shape index (κ3) is 2.51. The van der Waals surface area contributed by atoms with E-state index in [-0.39, 0.29) is 5.56 Å². The fourth-order valence-electron chi connectivity index (χ4n) is 2.19. The fraction of sp³-hybridized carbons (Fsp3) is 0.357. The van der Waals surface area contributed by atoms with Crippen LogP contribution in [0.1, 0.15) is 29.9 Å². The van der Waals surface area contributed by atoms with Crippen molar-refractivity contribution in [2.45, 2.75) is 19.4 Å². The summed E-state index contributed by atoms with van der Waals surface area (Å²) in [5, 5.41) is 7.35.